The van der Waals surface area contributed by atoms with Gasteiger partial charge in [0.1, 0.15) is 5.82 Å². The second kappa shape index (κ2) is 4.30. The van der Waals surface area contributed by atoms with Gasteiger partial charge in [-0.3, -0.25) is 4.68 Å². The van der Waals surface area contributed by atoms with Crippen LogP contribution in [0.1, 0.15) is 25.0 Å². The van der Waals surface area contributed by atoms with Gasteiger partial charge in [-0.05, 0) is 31.5 Å². The molecule has 0 fully saturated rings. The topological polar surface area (TPSA) is 43.8 Å². The van der Waals surface area contributed by atoms with Gasteiger partial charge in [-0.2, -0.15) is 5.10 Å². The lowest BCUT2D eigenvalue weighted by Crippen LogP contribution is -2.33. The molecule has 3 nitrogen and oxygen atoms in total. The minimum absolute atomic E-state index is 0.256. The maximum atomic E-state index is 12.9. The van der Waals surface area contributed by atoms with Gasteiger partial charge in [-0.15, -0.1) is 0 Å². The highest BCUT2D eigenvalue weighted by Crippen LogP contribution is 2.26. The molecule has 0 saturated carbocycles. The van der Waals surface area contributed by atoms with Crippen LogP contribution in [0.25, 0.3) is 0 Å². The van der Waals surface area contributed by atoms with Gasteiger partial charge >= 0.3 is 0 Å². The zero-order valence-corrected chi connectivity index (χ0v) is 10.0. The maximum absolute atomic E-state index is 12.9. The Bertz CT molecular complexity index is 500. The van der Waals surface area contributed by atoms with Crippen LogP contribution in [0.3, 0.4) is 0 Å². The van der Waals surface area contributed by atoms with Crippen LogP contribution in [-0.2, 0) is 12.1 Å². The fourth-order valence-electron chi connectivity index (χ4n) is 1.77. The van der Waals surface area contributed by atoms with Crippen molar-refractivity contribution in [2.24, 2.45) is 5.73 Å². The molecule has 2 aromatic rings. The number of benzene rings is 1. The van der Waals surface area contributed by atoms with E-state index in [9.17, 15) is 4.39 Å². The molecule has 1 heterocycles. The summed E-state index contributed by atoms with van der Waals surface area (Å²) >= 11 is 0. The van der Waals surface area contributed by atoms with E-state index in [0.29, 0.717) is 0 Å². The predicted octanol–water partition coefficient (Wildman–Crippen LogP) is 2.26. The van der Waals surface area contributed by atoms with Gasteiger partial charge < -0.3 is 5.73 Å². The van der Waals surface area contributed by atoms with E-state index in [1.165, 1.54) is 12.1 Å². The van der Waals surface area contributed by atoms with Crippen molar-refractivity contribution in [3.8, 4) is 0 Å². The SMILES string of the molecule is CCn1cc(C(C)(N)c2ccc(F)cc2)cn1. The first-order chi connectivity index (χ1) is 8.04. The number of nitrogens with two attached hydrogens (primary N) is 1. The molecule has 0 amide bonds. The zero-order valence-electron chi connectivity index (χ0n) is 10.0. The minimum atomic E-state index is -0.652. The van der Waals surface area contributed by atoms with Crippen molar-refractivity contribution in [1.29, 1.82) is 0 Å². The molecule has 0 radical (unpaired) electrons. The fourth-order valence-corrected chi connectivity index (χ4v) is 1.77. The summed E-state index contributed by atoms with van der Waals surface area (Å²) in [4.78, 5) is 0. The lowest BCUT2D eigenvalue weighted by molar-refractivity contribution is 0.590. The molecule has 17 heavy (non-hydrogen) atoms. The van der Waals surface area contributed by atoms with E-state index >= 15 is 0 Å². The fraction of sp³-hybridized carbons (Fsp3) is 0.308. The summed E-state index contributed by atoms with van der Waals surface area (Å²) in [5.74, 6) is -0.256. The lowest BCUT2D eigenvalue weighted by Gasteiger charge is -2.23. The van der Waals surface area contributed by atoms with Crippen molar-refractivity contribution in [2.75, 3.05) is 0 Å². The average molecular weight is 233 g/mol. The highest BCUT2D eigenvalue weighted by atomic mass is 19.1. The molecule has 0 aliphatic carbocycles. The highest BCUT2D eigenvalue weighted by Gasteiger charge is 2.25. The van der Waals surface area contributed by atoms with Gasteiger partial charge in [0.15, 0.2) is 0 Å². The Morgan fingerprint density at radius 2 is 1.94 bits per heavy atom. The minimum Gasteiger partial charge on any atom is -0.318 e. The van der Waals surface area contributed by atoms with Gasteiger partial charge in [0, 0.05) is 18.3 Å². The van der Waals surface area contributed by atoms with E-state index in [0.717, 1.165) is 17.7 Å². The zero-order chi connectivity index (χ0) is 12.5. The van der Waals surface area contributed by atoms with Crippen LogP contribution in [0.2, 0.25) is 0 Å². The molecular formula is C13H16FN3. The quantitative estimate of drug-likeness (QED) is 0.883. The summed E-state index contributed by atoms with van der Waals surface area (Å²) in [6.45, 7) is 4.72. The van der Waals surface area contributed by atoms with Crippen molar-refractivity contribution in [3.63, 3.8) is 0 Å². The van der Waals surface area contributed by atoms with Gasteiger partial charge in [0.25, 0.3) is 0 Å². The van der Waals surface area contributed by atoms with Crippen LogP contribution in [0.15, 0.2) is 36.7 Å². The van der Waals surface area contributed by atoms with Gasteiger partial charge in [-0.1, -0.05) is 12.1 Å². The van der Waals surface area contributed by atoms with Crippen LogP contribution in [0, 0.1) is 5.82 Å². The third kappa shape index (κ3) is 2.22. The molecule has 2 rings (SSSR count). The molecule has 1 unspecified atom stereocenters. The summed E-state index contributed by atoms with van der Waals surface area (Å²) in [6, 6.07) is 6.26. The Morgan fingerprint density at radius 1 is 1.29 bits per heavy atom. The monoisotopic (exact) mass is 233 g/mol. The van der Waals surface area contributed by atoms with Crippen molar-refractivity contribution in [3.05, 3.63) is 53.6 Å². The summed E-state index contributed by atoms with van der Waals surface area (Å²) in [7, 11) is 0. The van der Waals surface area contributed by atoms with E-state index in [4.69, 9.17) is 5.73 Å². The van der Waals surface area contributed by atoms with Crippen LogP contribution >= 0.6 is 0 Å². The van der Waals surface area contributed by atoms with Gasteiger partial charge in [-0.25, -0.2) is 4.39 Å². The second-order valence-corrected chi connectivity index (χ2v) is 4.29. The molecule has 2 N–H and O–H groups in total. The van der Waals surface area contributed by atoms with Crippen LogP contribution in [0.4, 0.5) is 4.39 Å². The molecule has 1 atom stereocenters. The van der Waals surface area contributed by atoms with Gasteiger partial charge in [0.05, 0.1) is 11.7 Å². The molecule has 4 heteroatoms. The maximum Gasteiger partial charge on any atom is 0.123 e. The average Bonchev–Trinajstić information content (AvgIpc) is 2.78. The summed E-state index contributed by atoms with van der Waals surface area (Å²) in [6.07, 6.45) is 3.68. The highest BCUT2D eigenvalue weighted by molar-refractivity contribution is 5.34. The largest absolute Gasteiger partial charge is 0.318 e. The molecular weight excluding hydrogens is 217 g/mol. The van der Waals surface area contributed by atoms with Crippen molar-refractivity contribution in [2.45, 2.75) is 25.9 Å². The standard InChI is InChI=1S/C13H16FN3/c1-3-17-9-11(8-16-17)13(2,15)10-4-6-12(14)7-5-10/h4-9H,3,15H2,1-2H3. The molecule has 90 valence electrons. The van der Waals surface area contributed by atoms with E-state index in [1.807, 2.05) is 24.7 Å². The Balaban J connectivity index is 2.37. The van der Waals surface area contributed by atoms with Crippen LogP contribution < -0.4 is 5.73 Å². The normalized spacial score (nSPS) is 14.6. The molecule has 0 spiro atoms. The smallest absolute Gasteiger partial charge is 0.123 e. The van der Waals surface area contributed by atoms with E-state index in [1.54, 1.807) is 18.3 Å². The van der Waals surface area contributed by atoms with Crippen LogP contribution in [0.5, 0.6) is 0 Å². The van der Waals surface area contributed by atoms with Gasteiger partial charge in [0.2, 0.25) is 0 Å². The Hall–Kier alpha value is -1.68. The predicted molar refractivity (Wildman–Crippen MR) is 64.9 cm³/mol. The third-order valence-electron chi connectivity index (χ3n) is 3.00. The van der Waals surface area contributed by atoms with Crippen LogP contribution in [-0.4, -0.2) is 9.78 Å². The Kier molecular flexibility index (Phi) is 2.98. The summed E-state index contributed by atoms with van der Waals surface area (Å²) in [5.41, 5.74) is 7.44. The van der Waals surface area contributed by atoms with Crippen molar-refractivity contribution in [1.82, 2.24) is 9.78 Å². The first-order valence-corrected chi connectivity index (χ1v) is 5.62. The number of hydrogen-bond donors (Lipinski definition) is 1. The number of nitrogens with zero attached hydrogens (tertiary/aromatic N) is 2. The Labute approximate surface area is 100 Å². The van der Waals surface area contributed by atoms with E-state index in [-0.39, 0.29) is 5.82 Å². The lowest BCUT2D eigenvalue weighted by atomic mass is 9.88. The molecule has 1 aromatic carbocycles. The number of aryl methyl sites for hydroxylation is 1. The summed E-state index contributed by atoms with van der Waals surface area (Å²) in [5, 5.41) is 4.21. The van der Waals surface area contributed by atoms with E-state index in [2.05, 4.69) is 5.10 Å². The molecule has 0 aliphatic rings. The third-order valence-corrected chi connectivity index (χ3v) is 3.00. The summed E-state index contributed by atoms with van der Waals surface area (Å²) < 4.78 is 14.7. The molecule has 1 aromatic heterocycles. The first-order valence-electron chi connectivity index (χ1n) is 5.62. The first kappa shape index (κ1) is 11.8. The van der Waals surface area contributed by atoms with Crippen molar-refractivity contribution >= 4 is 0 Å². The molecule has 0 saturated heterocycles. The second-order valence-electron chi connectivity index (χ2n) is 4.29. The number of aromatic nitrogens is 2. The van der Waals surface area contributed by atoms with Crippen molar-refractivity contribution < 1.29 is 4.39 Å². The Morgan fingerprint density at radius 3 is 2.47 bits per heavy atom. The number of halogens is 1. The molecule has 0 bridgehead atoms. The van der Waals surface area contributed by atoms with E-state index < -0.39 is 5.54 Å². The number of rotatable bonds is 3. The number of hydrogen-bond acceptors (Lipinski definition) is 2. The molecule has 0 aliphatic heterocycles.